The van der Waals surface area contributed by atoms with Crippen LogP contribution in [0.25, 0.3) is 0 Å². The summed E-state index contributed by atoms with van der Waals surface area (Å²) in [5, 5.41) is 0. The zero-order chi connectivity index (χ0) is 18.5. The topological polar surface area (TPSA) is 49.9 Å². The van der Waals surface area contributed by atoms with Gasteiger partial charge in [-0.1, -0.05) is 18.2 Å². The molecule has 1 aliphatic heterocycles. The lowest BCUT2D eigenvalue weighted by Crippen LogP contribution is -2.51. The lowest BCUT2D eigenvalue weighted by molar-refractivity contribution is -0.131. The molecule has 5 nitrogen and oxygen atoms in total. The number of halogens is 1. The van der Waals surface area contributed by atoms with Crippen LogP contribution in [0.5, 0.6) is 5.75 Å². The number of ether oxygens (including phenoxy) is 1. The van der Waals surface area contributed by atoms with Crippen LogP contribution >= 0.6 is 0 Å². The average molecular weight is 356 g/mol. The zero-order valence-electron chi connectivity index (χ0n) is 14.7. The molecule has 1 heterocycles. The highest BCUT2D eigenvalue weighted by atomic mass is 19.1. The number of methoxy groups -OCH3 is 1. The van der Waals surface area contributed by atoms with E-state index in [2.05, 4.69) is 0 Å². The van der Waals surface area contributed by atoms with E-state index >= 15 is 0 Å². The molecule has 2 aromatic rings. The number of carbonyl (C=O) groups excluding carboxylic acids is 2. The first-order valence-electron chi connectivity index (χ1n) is 8.52. The van der Waals surface area contributed by atoms with Crippen LogP contribution < -0.4 is 4.74 Å². The molecule has 2 amide bonds. The highest BCUT2D eigenvalue weighted by Gasteiger charge is 2.25. The number of hydrogen-bond acceptors (Lipinski definition) is 3. The fraction of sp³-hybridized carbons (Fsp3) is 0.300. The second-order valence-electron chi connectivity index (χ2n) is 6.21. The smallest absolute Gasteiger partial charge is 0.254 e. The molecule has 2 aromatic carbocycles. The zero-order valence-corrected chi connectivity index (χ0v) is 14.7. The molecule has 1 aliphatic rings. The fourth-order valence-electron chi connectivity index (χ4n) is 2.99. The van der Waals surface area contributed by atoms with Gasteiger partial charge in [-0.25, -0.2) is 4.39 Å². The van der Waals surface area contributed by atoms with Gasteiger partial charge in [-0.15, -0.1) is 0 Å². The van der Waals surface area contributed by atoms with Crippen molar-refractivity contribution < 1.29 is 18.7 Å². The molecule has 1 fully saturated rings. The predicted molar refractivity (Wildman–Crippen MR) is 95.6 cm³/mol. The van der Waals surface area contributed by atoms with E-state index in [-0.39, 0.29) is 11.8 Å². The van der Waals surface area contributed by atoms with E-state index in [1.165, 1.54) is 18.2 Å². The van der Waals surface area contributed by atoms with E-state index in [1.807, 2.05) is 24.3 Å². The van der Waals surface area contributed by atoms with E-state index < -0.39 is 5.82 Å². The number of hydrogen-bond donors (Lipinski definition) is 0. The van der Waals surface area contributed by atoms with Gasteiger partial charge in [-0.2, -0.15) is 0 Å². The standard InChI is InChI=1S/C20H21FN2O3/c1-26-18-7-5-15(6-8-18)13-19(24)22-9-11-23(12-10-22)20(25)16-3-2-4-17(21)14-16/h2-8,14H,9-13H2,1H3. The summed E-state index contributed by atoms with van der Waals surface area (Å²) < 4.78 is 18.4. The van der Waals surface area contributed by atoms with Crippen LogP contribution in [0, 0.1) is 5.82 Å². The minimum atomic E-state index is -0.427. The Hall–Kier alpha value is -2.89. The van der Waals surface area contributed by atoms with Crippen molar-refractivity contribution in [2.24, 2.45) is 0 Å². The summed E-state index contributed by atoms with van der Waals surface area (Å²) in [6.45, 7) is 1.86. The lowest BCUT2D eigenvalue weighted by atomic mass is 10.1. The van der Waals surface area contributed by atoms with Gasteiger partial charge in [0.25, 0.3) is 5.91 Å². The summed E-state index contributed by atoms with van der Waals surface area (Å²) in [5.74, 6) is 0.162. The molecule has 6 heteroatoms. The van der Waals surface area contributed by atoms with Crippen LogP contribution in [-0.2, 0) is 11.2 Å². The van der Waals surface area contributed by atoms with Gasteiger partial charge >= 0.3 is 0 Å². The molecule has 136 valence electrons. The SMILES string of the molecule is COc1ccc(CC(=O)N2CCN(C(=O)c3cccc(F)c3)CC2)cc1. The maximum Gasteiger partial charge on any atom is 0.254 e. The molecule has 0 spiro atoms. The molecule has 0 atom stereocenters. The molecule has 1 saturated heterocycles. The van der Waals surface area contributed by atoms with Crippen molar-refractivity contribution in [1.29, 1.82) is 0 Å². The monoisotopic (exact) mass is 356 g/mol. The van der Waals surface area contributed by atoms with Crippen LogP contribution in [0.15, 0.2) is 48.5 Å². The first kappa shape index (κ1) is 17.9. The third-order valence-corrected chi connectivity index (χ3v) is 4.51. The molecule has 0 N–H and O–H groups in total. The van der Waals surface area contributed by atoms with Crippen molar-refractivity contribution in [3.05, 3.63) is 65.5 Å². The Morgan fingerprint density at radius 3 is 2.27 bits per heavy atom. The molecule has 3 rings (SSSR count). The lowest BCUT2D eigenvalue weighted by Gasteiger charge is -2.35. The highest BCUT2D eigenvalue weighted by molar-refractivity contribution is 5.94. The van der Waals surface area contributed by atoms with Gasteiger partial charge < -0.3 is 14.5 Å². The molecular formula is C20H21FN2O3. The van der Waals surface area contributed by atoms with Crippen molar-refractivity contribution in [3.63, 3.8) is 0 Å². The molecule has 0 aliphatic carbocycles. The number of carbonyl (C=O) groups is 2. The van der Waals surface area contributed by atoms with Crippen molar-refractivity contribution in [2.45, 2.75) is 6.42 Å². The summed E-state index contributed by atoms with van der Waals surface area (Å²) in [4.78, 5) is 28.3. The van der Waals surface area contributed by atoms with Crippen LogP contribution in [-0.4, -0.2) is 54.9 Å². The van der Waals surface area contributed by atoms with Crippen LogP contribution in [0.1, 0.15) is 15.9 Å². The highest BCUT2D eigenvalue weighted by Crippen LogP contribution is 2.14. The van der Waals surface area contributed by atoms with Gasteiger partial charge in [-0.05, 0) is 35.9 Å². The Bertz CT molecular complexity index is 784. The predicted octanol–water partition coefficient (Wildman–Crippen LogP) is 2.36. The van der Waals surface area contributed by atoms with Gasteiger partial charge in [0.05, 0.1) is 13.5 Å². The average Bonchev–Trinajstić information content (AvgIpc) is 2.68. The minimum Gasteiger partial charge on any atom is -0.497 e. The molecule has 0 radical (unpaired) electrons. The number of nitrogens with zero attached hydrogens (tertiary/aromatic N) is 2. The summed E-state index contributed by atoms with van der Waals surface area (Å²) in [7, 11) is 1.60. The first-order chi connectivity index (χ1) is 12.6. The number of piperazine rings is 1. The summed E-state index contributed by atoms with van der Waals surface area (Å²) in [6.07, 6.45) is 0.321. The Labute approximate surface area is 152 Å². The van der Waals surface area contributed by atoms with Crippen LogP contribution in [0.2, 0.25) is 0 Å². The molecular weight excluding hydrogens is 335 g/mol. The van der Waals surface area contributed by atoms with Crippen LogP contribution in [0.3, 0.4) is 0 Å². The van der Waals surface area contributed by atoms with Crippen molar-refractivity contribution in [1.82, 2.24) is 9.80 Å². The third-order valence-electron chi connectivity index (χ3n) is 4.51. The van der Waals surface area contributed by atoms with E-state index in [0.29, 0.717) is 38.2 Å². The van der Waals surface area contributed by atoms with Gasteiger partial charge in [-0.3, -0.25) is 9.59 Å². The van der Waals surface area contributed by atoms with E-state index in [1.54, 1.807) is 23.0 Å². The van der Waals surface area contributed by atoms with Gasteiger partial charge in [0.15, 0.2) is 0 Å². The van der Waals surface area contributed by atoms with E-state index in [9.17, 15) is 14.0 Å². The summed E-state index contributed by atoms with van der Waals surface area (Å²) in [5.41, 5.74) is 1.26. The molecule has 0 unspecified atom stereocenters. The Kier molecular flexibility index (Phi) is 5.51. The second kappa shape index (κ2) is 7.99. The van der Waals surface area contributed by atoms with Gasteiger partial charge in [0.2, 0.25) is 5.91 Å². The first-order valence-corrected chi connectivity index (χ1v) is 8.52. The Balaban J connectivity index is 1.54. The van der Waals surface area contributed by atoms with Crippen LogP contribution in [0.4, 0.5) is 4.39 Å². The summed E-state index contributed by atoms with van der Waals surface area (Å²) in [6, 6.07) is 13.1. The molecule has 0 aromatic heterocycles. The molecule has 26 heavy (non-hydrogen) atoms. The number of rotatable bonds is 4. The number of amides is 2. The normalized spacial score (nSPS) is 14.2. The fourth-order valence-corrected chi connectivity index (χ4v) is 2.99. The molecule has 0 saturated carbocycles. The largest absolute Gasteiger partial charge is 0.497 e. The van der Waals surface area contributed by atoms with E-state index in [0.717, 1.165) is 11.3 Å². The summed E-state index contributed by atoms with van der Waals surface area (Å²) >= 11 is 0. The maximum absolute atomic E-state index is 13.3. The van der Waals surface area contributed by atoms with Gasteiger partial charge in [0.1, 0.15) is 11.6 Å². The van der Waals surface area contributed by atoms with Crippen molar-refractivity contribution >= 4 is 11.8 Å². The van der Waals surface area contributed by atoms with Crippen molar-refractivity contribution in [3.8, 4) is 5.75 Å². The minimum absolute atomic E-state index is 0.0352. The maximum atomic E-state index is 13.3. The van der Waals surface area contributed by atoms with E-state index in [4.69, 9.17) is 4.74 Å². The Morgan fingerprint density at radius 2 is 1.65 bits per heavy atom. The second-order valence-corrected chi connectivity index (χ2v) is 6.21. The Morgan fingerprint density at radius 1 is 1.00 bits per heavy atom. The van der Waals surface area contributed by atoms with Gasteiger partial charge in [0, 0.05) is 31.7 Å². The van der Waals surface area contributed by atoms with Crippen molar-refractivity contribution in [2.75, 3.05) is 33.3 Å². The quantitative estimate of drug-likeness (QED) is 0.845. The third kappa shape index (κ3) is 4.20. The molecule has 0 bridgehead atoms. The number of benzene rings is 2.